The molecule has 1 N–H and O–H groups in total. The highest BCUT2D eigenvalue weighted by atomic mass is 19.4. The van der Waals surface area contributed by atoms with E-state index in [1.54, 1.807) is 11.0 Å². The van der Waals surface area contributed by atoms with Gasteiger partial charge >= 0.3 is 6.18 Å². The van der Waals surface area contributed by atoms with Gasteiger partial charge in [-0.2, -0.15) is 13.2 Å². The number of piperazine rings is 1. The number of nitro benzene ring substituents is 1. The molecule has 0 unspecified atom stereocenters. The molecule has 1 saturated carbocycles. The van der Waals surface area contributed by atoms with E-state index in [4.69, 9.17) is 9.15 Å². The number of furan rings is 1. The van der Waals surface area contributed by atoms with Crippen molar-refractivity contribution >= 4 is 28.3 Å². The van der Waals surface area contributed by atoms with Crippen LogP contribution in [0, 0.1) is 15.9 Å². The third-order valence-corrected chi connectivity index (χ3v) is 7.62. The Morgan fingerprint density at radius 1 is 1.05 bits per heavy atom. The van der Waals surface area contributed by atoms with Crippen LogP contribution in [0.1, 0.15) is 37.0 Å². The minimum Gasteiger partial charge on any atom is -0.460 e. The number of alkyl halides is 3. The lowest BCUT2D eigenvalue weighted by atomic mass is 9.92. The van der Waals surface area contributed by atoms with E-state index in [0.717, 1.165) is 23.3 Å². The fraction of sp³-hybridized carbons (Fsp3) is 0.464. The van der Waals surface area contributed by atoms with Crippen LogP contribution in [-0.4, -0.2) is 65.6 Å². The van der Waals surface area contributed by atoms with Gasteiger partial charge in [0.2, 0.25) is 5.91 Å². The maximum atomic E-state index is 13.4. The Kier molecular flexibility index (Phi) is 8.45. The summed E-state index contributed by atoms with van der Waals surface area (Å²) >= 11 is 0. The van der Waals surface area contributed by atoms with Crippen molar-refractivity contribution in [2.24, 2.45) is 0 Å². The molecule has 2 aromatic carbocycles. The molecule has 0 spiro atoms. The number of nitrogens with one attached hydrogen (secondary N) is 1. The van der Waals surface area contributed by atoms with E-state index in [2.05, 4.69) is 10.2 Å². The van der Waals surface area contributed by atoms with Crippen LogP contribution in [0.15, 0.2) is 46.9 Å². The van der Waals surface area contributed by atoms with Crippen LogP contribution < -0.4 is 5.32 Å². The number of nitrogens with zero attached hydrogens (tertiary/aromatic N) is 3. The first-order valence-corrected chi connectivity index (χ1v) is 13.5. The monoisotopic (exact) mass is 578 g/mol. The fourth-order valence-electron chi connectivity index (χ4n) is 5.42. The quantitative estimate of drug-likeness (QED) is 0.212. The lowest BCUT2D eigenvalue weighted by Gasteiger charge is -2.35. The van der Waals surface area contributed by atoms with Crippen LogP contribution in [0.5, 0.6) is 0 Å². The predicted octanol–water partition coefficient (Wildman–Crippen LogP) is 5.58. The third kappa shape index (κ3) is 7.14. The van der Waals surface area contributed by atoms with Crippen molar-refractivity contribution in [3.05, 3.63) is 69.7 Å². The Bertz CT molecular complexity index is 1400. The molecule has 5 rings (SSSR count). The Labute approximate surface area is 233 Å². The number of carbonyl (C=O) groups excluding carboxylic acids is 1. The molecule has 0 atom stereocenters. The average Bonchev–Trinajstić information content (AvgIpc) is 3.33. The van der Waals surface area contributed by atoms with Gasteiger partial charge in [0.1, 0.15) is 29.3 Å². The third-order valence-electron chi connectivity index (χ3n) is 7.62. The van der Waals surface area contributed by atoms with Crippen molar-refractivity contribution in [3.63, 3.8) is 0 Å². The number of fused-ring (bicyclic) bond motifs is 1. The second-order valence-electron chi connectivity index (χ2n) is 10.5. The minimum absolute atomic E-state index is 0.0325. The van der Waals surface area contributed by atoms with E-state index in [1.165, 1.54) is 18.2 Å². The number of nitro groups is 1. The first-order chi connectivity index (χ1) is 19.5. The summed E-state index contributed by atoms with van der Waals surface area (Å²) in [4.78, 5) is 26.6. The molecule has 1 aromatic heterocycles. The lowest BCUT2D eigenvalue weighted by Crippen LogP contribution is -2.49. The second-order valence-corrected chi connectivity index (χ2v) is 10.5. The van der Waals surface area contributed by atoms with Crippen LogP contribution in [0.4, 0.5) is 28.9 Å². The van der Waals surface area contributed by atoms with E-state index < -0.39 is 22.4 Å². The normalized spacial score (nSPS) is 20.3. The SMILES string of the molecule is O=C(COC1CCC(Nc2ccc([N+](=O)[O-])c(C(F)(F)F)c2)CC1)N1CCN(Cc2cc3cc(F)ccc3o2)CC1. The van der Waals surface area contributed by atoms with Gasteiger partial charge in [-0.15, -0.1) is 0 Å². The highest BCUT2D eigenvalue weighted by Gasteiger charge is 2.38. The van der Waals surface area contributed by atoms with E-state index in [1.807, 2.05) is 6.07 Å². The number of anilines is 1. The number of benzene rings is 2. The number of ether oxygens (including phenoxy) is 1. The largest absolute Gasteiger partial charge is 0.460 e. The zero-order valence-corrected chi connectivity index (χ0v) is 22.2. The molecule has 2 heterocycles. The molecule has 0 radical (unpaired) electrons. The Morgan fingerprint density at radius 2 is 1.78 bits per heavy atom. The molecule has 2 fully saturated rings. The Morgan fingerprint density at radius 3 is 2.46 bits per heavy atom. The van der Waals surface area contributed by atoms with Gasteiger partial charge in [0.05, 0.1) is 17.6 Å². The molecule has 220 valence electrons. The smallest absolute Gasteiger partial charge is 0.423 e. The van der Waals surface area contributed by atoms with Gasteiger partial charge in [0.25, 0.3) is 5.69 Å². The molecule has 41 heavy (non-hydrogen) atoms. The maximum Gasteiger partial charge on any atom is 0.423 e. The zero-order chi connectivity index (χ0) is 29.1. The summed E-state index contributed by atoms with van der Waals surface area (Å²) in [6, 6.07) is 9.07. The average molecular weight is 579 g/mol. The van der Waals surface area contributed by atoms with E-state index in [0.29, 0.717) is 64.0 Å². The van der Waals surface area contributed by atoms with Gasteiger partial charge in [0.15, 0.2) is 0 Å². The van der Waals surface area contributed by atoms with Gasteiger partial charge < -0.3 is 19.4 Å². The number of halogens is 4. The molecular weight excluding hydrogens is 548 g/mol. The standard InChI is InChI=1S/C28H30F4N4O5/c29-19-1-8-26-18(13-19)14-23(41-26)16-34-9-11-35(12-10-34)27(37)17-40-22-5-2-20(3-6-22)33-21-4-7-25(36(38)39)24(15-21)28(30,31)32/h1,4,7-8,13-15,20,22,33H,2-3,5-6,9-12,16-17H2. The van der Waals surface area contributed by atoms with Crippen LogP contribution in [0.3, 0.4) is 0 Å². The van der Waals surface area contributed by atoms with Crippen molar-refractivity contribution in [2.45, 2.75) is 50.6 Å². The van der Waals surface area contributed by atoms with Crippen LogP contribution in [0.25, 0.3) is 11.0 Å². The molecule has 1 aliphatic carbocycles. The van der Waals surface area contributed by atoms with Gasteiger partial charge in [-0.1, -0.05) is 0 Å². The van der Waals surface area contributed by atoms with Gasteiger partial charge in [-0.25, -0.2) is 4.39 Å². The van der Waals surface area contributed by atoms with E-state index >= 15 is 0 Å². The van der Waals surface area contributed by atoms with Crippen molar-refractivity contribution in [3.8, 4) is 0 Å². The molecule has 0 bridgehead atoms. The van der Waals surface area contributed by atoms with Crippen LogP contribution >= 0.6 is 0 Å². The Balaban J connectivity index is 1.03. The zero-order valence-electron chi connectivity index (χ0n) is 22.2. The van der Waals surface area contributed by atoms with Crippen molar-refractivity contribution < 1.29 is 36.4 Å². The lowest BCUT2D eigenvalue weighted by molar-refractivity contribution is -0.388. The summed E-state index contributed by atoms with van der Waals surface area (Å²) < 4.78 is 64.9. The molecule has 13 heteroatoms. The van der Waals surface area contributed by atoms with Gasteiger partial charge in [-0.3, -0.25) is 19.8 Å². The summed E-state index contributed by atoms with van der Waals surface area (Å²) in [6.07, 6.45) is -2.42. The molecular formula is C28H30F4N4O5. The van der Waals surface area contributed by atoms with Gasteiger partial charge in [0, 0.05) is 49.4 Å². The first-order valence-electron chi connectivity index (χ1n) is 13.5. The van der Waals surface area contributed by atoms with Crippen LogP contribution in [0.2, 0.25) is 0 Å². The van der Waals surface area contributed by atoms with Crippen molar-refractivity contribution in [1.82, 2.24) is 9.80 Å². The molecule has 1 saturated heterocycles. The number of hydrogen-bond donors (Lipinski definition) is 1. The van der Waals surface area contributed by atoms with Crippen molar-refractivity contribution in [1.29, 1.82) is 0 Å². The maximum absolute atomic E-state index is 13.4. The molecule has 3 aromatic rings. The number of carbonyl (C=O) groups is 1. The number of amides is 1. The summed E-state index contributed by atoms with van der Waals surface area (Å²) in [5, 5.41) is 14.7. The first kappa shape index (κ1) is 28.8. The molecule has 1 amide bonds. The van der Waals surface area contributed by atoms with Crippen molar-refractivity contribution in [2.75, 3.05) is 38.1 Å². The fourth-order valence-corrected chi connectivity index (χ4v) is 5.42. The highest BCUT2D eigenvalue weighted by Crippen LogP contribution is 2.38. The van der Waals surface area contributed by atoms with E-state index in [9.17, 15) is 32.5 Å². The minimum atomic E-state index is -4.83. The molecule has 2 aliphatic rings. The summed E-state index contributed by atoms with van der Waals surface area (Å²) in [5.74, 6) is 0.344. The number of rotatable bonds is 8. The van der Waals surface area contributed by atoms with Crippen LogP contribution in [-0.2, 0) is 22.3 Å². The highest BCUT2D eigenvalue weighted by molar-refractivity contribution is 5.78. The summed E-state index contributed by atoms with van der Waals surface area (Å²) in [7, 11) is 0. The van der Waals surface area contributed by atoms with Gasteiger partial charge in [-0.05, 0) is 62.1 Å². The summed E-state index contributed by atoms with van der Waals surface area (Å²) in [6.45, 7) is 3.00. The predicted molar refractivity (Wildman–Crippen MR) is 142 cm³/mol. The number of hydrogen-bond acceptors (Lipinski definition) is 7. The molecule has 1 aliphatic heterocycles. The Hall–Kier alpha value is -3.71. The van der Waals surface area contributed by atoms with E-state index in [-0.39, 0.29) is 36.2 Å². The summed E-state index contributed by atoms with van der Waals surface area (Å²) in [5.41, 5.74) is -1.44. The molecule has 9 nitrogen and oxygen atoms in total. The second kappa shape index (κ2) is 12.0. The topological polar surface area (TPSA) is 101 Å².